The van der Waals surface area contributed by atoms with Crippen molar-refractivity contribution in [1.29, 1.82) is 0 Å². The van der Waals surface area contributed by atoms with Crippen LogP contribution in [0.2, 0.25) is 0 Å². The van der Waals surface area contributed by atoms with Crippen LogP contribution in [0.3, 0.4) is 0 Å². The number of hydrogen-bond donors (Lipinski definition) is 0. The summed E-state index contributed by atoms with van der Waals surface area (Å²) in [5.74, 6) is 0.932. The summed E-state index contributed by atoms with van der Waals surface area (Å²) < 4.78 is 5.35. The van der Waals surface area contributed by atoms with Crippen molar-refractivity contribution >= 4 is 11.6 Å². The Kier molecular flexibility index (Phi) is 4.22. The van der Waals surface area contributed by atoms with Crippen LogP contribution in [0.25, 0.3) is 0 Å². The molecule has 0 amide bonds. The highest BCUT2D eigenvalue weighted by atomic mass is 35.5. The molecule has 1 unspecified atom stereocenters. The summed E-state index contributed by atoms with van der Waals surface area (Å²) >= 11 is 6.40. The Balaban J connectivity index is 3.36. The number of halogens is 1. The van der Waals surface area contributed by atoms with E-state index in [1.54, 1.807) is 7.11 Å². The molecule has 0 heterocycles. The lowest BCUT2D eigenvalue weighted by atomic mass is 9.97. The van der Waals surface area contributed by atoms with E-state index in [0.29, 0.717) is 0 Å². The molecule has 2 nitrogen and oxygen atoms in total. The zero-order valence-corrected chi connectivity index (χ0v) is 11.6. The van der Waals surface area contributed by atoms with Gasteiger partial charge in [0.2, 0.25) is 0 Å². The van der Waals surface area contributed by atoms with Gasteiger partial charge in [-0.25, -0.2) is 0 Å². The summed E-state index contributed by atoms with van der Waals surface area (Å²) in [7, 11) is 5.66. The van der Waals surface area contributed by atoms with Crippen molar-refractivity contribution < 1.29 is 4.74 Å². The summed E-state index contributed by atoms with van der Waals surface area (Å²) in [6.45, 7) is 6.23. The van der Waals surface area contributed by atoms with Gasteiger partial charge in [0.25, 0.3) is 0 Å². The lowest BCUT2D eigenvalue weighted by molar-refractivity contribution is 0.380. The third-order valence-corrected chi connectivity index (χ3v) is 3.63. The second-order valence-corrected chi connectivity index (χ2v) is 4.77. The van der Waals surface area contributed by atoms with Crippen molar-refractivity contribution in [2.45, 2.75) is 26.3 Å². The molecule has 90 valence electrons. The van der Waals surface area contributed by atoms with E-state index in [9.17, 15) is 0 Å². The lowest BCUT2D eigenvalue weighted by Gasteiger charge is -2.24. The van der Waals surface area contributed by atoms with Crippen molar-refractivity contribution in [3.8, 4) is 5.75 Å². The van der Waals surface area contributed by atoms with E-state index in [1.807, 2.05) is 19.0 Å². The Morgan fingerprint density at radius 3 is 2.19 bits per heavy atom. The summed E-state index contributed by atoms with van der Waals surface area (Å²) in [6.07, 6.45) is 0. The average molecular weight is 242 g/mol. The first kappa shape index (κ1) is 13.3. The predicted molar refractivity (Wildman–Crippen MR) is 69.5 cm³/mol. The number of methoxy groups -OCH3 is 1. The van der Waals surface area contributed by atoms with E-state index in [-0.39, 0.29) is 5.50 Å². The molecule has 0 saturated carbocycles. The van der Waals surface area contributed by atoms with Gasteiger partial charge in [0.15, 0.2) is 0 Å². The first-order chi connectivity index (χ1) is 7.40. The fourth-order valence-electron chi connectivity index (χ4n) is 1.90. The van der Waals surface area contributed by atoms with Crippen molar-refractivity contribution in [3.05, 3.63) is 28.3 Å². The molecule has 0 saturated heterocycles. The Bertz CT molecular complexity index is 388. The molecule has 1 aromatic rings. The first-order valence-electron chi connectivity index (χ1n) is 5.35. The van der Waals surface area contributed by atoms with Crippen LogP contribution >= 0.6 is 11.6 Å². The smallest absolute Gasteiger partial charge is 0.122 e. The van der Waals surface area contributed by atoms with Gasteiger partial charge in [-0.15, -0.1) is 11.6 Å². The van der Waals surface area contributed by atoms with Crippen LogP contribution in [0, 0.1) is 20.8 Å². The van der Waals surface area contributed by atoms with Gasteiger partial charge in [0.05, 0.1) is 7.11 Å². The normalized spacial score (nSPS) is 13.0. The monoisotopic (exact) mass is 241 g/mol. The minimum Gasteiger partial charge on any atom is -0.496 e. The molecule has 0 aliphatic rings. The van der Waals surface area contributed by atoms with Crippen molar-refractivity contribution in [3.63, 3.8) is 0 Å². The quantitative estimate of drug-likeness (QED) is 0.594. The highest BCUT2D eigenvalue weighted by molar-refractivity contribution is 6.20. The molecular weight excluding hydrogens is 222 g/mol. The minimum absolute atomic E-state index is 0.0930. The minimum atomic E-state index is -0.0930. The summed E-state index contributed by atoms with van der Waals surface area (Å²) in [4.78, 5) is 2.00. The molecule has 0 aromatic heterocycles. The van der Waals surface area contributed by atoms with E-state index in [0.717, 1.165) is 11.3 Å². The number of nitrogens with zero attached hydrogens (tertiary/aromatic N) is 1. The van der Waals surface area contributed by atoms with Crippen LogP contribution in [0.15, 0.2) is 6.07 Å². The van der Waals surface area contributed by atoms with E-state index in [2.05, 4.69) is 26.8 Å². The highest BCUT2D eigenvalue weighted by Crippen LogP contribution is 2.34. The van der Waals surface area contributed by atoms with Crippen LogP contribution < -0.4 is 4.74 Å². The molecular formula is C13H20ClNO. The number of ether oxygens (including phenoxy) is 1. The second-order valence-electron chi connectivity index (χ2n) is 4.36. The number of hydrogen-bond acceptors (Lipinski definition) is 2. The molecule has 0 aliphatic heterocycles. The molecule has 1 atom stereocenters. The van der Waals surface area contributed by atoms with Crippen LogP contribution in [-0.2, 0) is 0 Å². The molecule has 0 radical (unpaired) electrons. The van der Waals surface area contributed by atoms with Crippen LogP contribution in [0.1, 0.15) is 27.8 Å². The van der Waals surface area contributed by atoms with E-state index >= 15 is 0 Å². The standard InChI is InChI=1S/C13H20ClNO/c1-8-7-11(16-6)9(2)10(3)12(8)13(14)15(4)5/h7,13H,1-6H3. The SMILES string of the molecule is COc1cc(C)c(C(Cl)N(C)C)c(C)c1C. The lowest BCUT2D eigenvalue weighted by Crippen LogP contribution is -2.17. The zero-order chi connectivity index (χ0) is 12.5. The fourth-order valence-corrected chi connectivity index (χ4v) is 2.24. The van der Waals surface area contributed by atoms with Gasteiger partial charge < -0.3 is 4.74 Å². The molecule has 0 N–H and O–H groups in total. The number of rotatable bonds is 3. The van der Waals surface area contributed by atoms with E-state index in [1.165, 1.54) is 16.7 Å². The highest BCUT2D eigenvalue weighted by Gasteiger charge is 2.18. The van der Waals surface area contributed by atoms with Crippen LogP contribution in [-0.4, -0.2) is 26.1 Å². The molecule has 1 aromatic carbocycles. The van der Waals surface area contributed by atoms with Gasteiger partial charge in [-0.1, -0.05) is 0 Å². The van der Waals surface area contributed by atoms with Gasteiger partial charge in [0.1, 0.15) is 11.3 Å². The van der Waals surface area contributed by atoms with E-state index in [4.69, 9.17) is 16.3 Å². The molecule has 0 spiro atoms. The Hall–Kier alpha value is -0.730. The van der Waals surface area contributed by atoms with Crippen molar-refractivity contribution in [1.82, 2.24) is 4.90 Å². The second kappa shape index (κ2) is 5.07. The Morgan fingerprint density at radius 2 is 1.75 bits per heavy atom. The Labute approximate surface area is 103 Å². The summed E-state index contributed by atoms with van der Waals surface area (Å²) in [6, 6.07) is 2.05. The van der Waals surface area contributed by atoms with Gasteiger partial charge in [0, 0.05) is 0 Å². The summed E-state index contributed by atoms with van der Waals surface area (Å²) in [5, 5.41) is 0. The van der Waals surface area contributed by atoms with Gasteiger partial charge >= 0.3 is 0 Å². The molecule has 16 heavy (non-hydrogen) atoms. The number of aryl methyl sites for hydroxylation is 1. The Morgan fingerprint density at radius 1 is 1.19 bits per heavy atom. The topological polar surface area (TPSA) is 12.5 Å². The van der Waals surface area contributed by atoms with Crippen LogP contribution in [0.4, 0.5) is 0 Å². The predicted octanol–water partition coefficient (Wildman–Crippen LogP) is 3.42. The molecule has 0 aliphatic carbocycles. The largest absolute Gasteiger partial charge is 0.496 e. The zero-order valence-electron chi connectivity index (χ0n) is 10.9. The first-order valence-corrected chi connectivity index (χ1v) is 5.79. The maximum absolute atomic E-state index is 6.40. The molecule has 1 rings (SSSR count). The number of alkyl halides is 1. The fraction of sp³-hybridized carbons (Fsp3) is 0.538. The third kappa shape index (κ3) is 2.33. The van der Waals surface area contributed by atoms with E-state index < -0.39 is 0 Å². The maximum Gasteiger partial charge on any atom is 0.122 e. The van der Waals surface area contributed by atoms with Crippen molar-refractivity contribution in [2.75, 3.05) is 21.2 Å². The third-order valence-electron chi connectivity index (χ3n) is 3.02. The van der Waals surface area contributed by atoms with Crippen molar-refractivity contribution in [2.24, 2.45) is 0 Å². The number of benzene rings is 1. The maximum atomic E-state index is 6.40. The van der Waals surface area contributed by atoms with Gasteiger partial charge in [-0.2, -0.15) is 0 Å². The molecule has 3 heteroatoms. The molecule has 0 bridgehead atoms. The van der Waals surface area contributed by atoms with Gasteiger partial charge in [-0.3, -0.25) is 4.90 Å². The van der Waals surface area contributed by atoms with Gasteiger partial charge in [-0.05, 0) is 63.2 Å². The average Bonchev–Trinajstić information content (AvgIpc) is 2.23. The van der Waals surface area contributed by atoms with Crippen LogP contribution in [0.5, 0.6) is 5.75 Å². The summed E-state index contributed by atoms with van der Waals surface area (Å²) in [5.41, 5.74) is 4.64. The molecule has 0 fully saturated rings.